The van der Waals surface area contributed by atoms with Crippen LogP contribution in [0.5, 0.6) is 0 Å². The van der Waals surface area contributed by atoms with Gasteiger partial charge in [0.25, 0.3) is 0 Å². The van der Waals surface area contributed by atoms with Crippen molar-refractivity contribution in [3.63, 3.8) is 0 Å². The number of hydrogen-bond acceptors (Lipinski definition) is 3. The van der Waals surface area contributed by atoms with E-state index in [9.17, 15) is 24.4 Å². The average molecular weight is 297 g/mol. The molecule has 1 N–H and O–H groups in total. The molecule has 21 heavy (non-hydrogen) atoms. The zero-order valence-corrected chi connectivity index (χ0v) is 12.3. The molecule has 0 spiro atoms. The quantitative estimate of drug-likeness (QED) is 0.578. The summed E-state index contributed by atoms with van der Waals surface area (Å²) < 4.78 is 14.3. The number of carboxylic acids is 1. The van der Waals surface area contributed by atoms with Crippen LogP contribution in [0.4, 0.5) is 10.1 Å². The molecule has 0 radical (unpaired) electrons. The predicted molar refractivity (Wildman–Crippen MR) is 77.2 cm³/mol. The lowest BCUT2D eigenvalue weighted by Gasteiger charge is -2.11. The van der Waals surface area contributed by atoms with Crippen molar-refractivity contribution >= 4 is 11.7 Å². The van der Waals surface area contributed by atoms with Crippen LogP contribution < -0.4 is 0 Å². The molecule has 0 aliphatic heterocycles. The Morgan fingerprint density at radius 2 is 1.86 bits per heavy atom. The minimum Gasteiger partial charge on any atom is -0.478 e. The minimum atomic E-state index is -1.25. The number of halogens is 1. The Labute approximate surface area is 122 Å². The van der Waals surface area contributed by atoms with Crippen LogP contribution in [0.1, 0.15) is 61.0 Å². The summed E-state index contributed by atoms with van der Waals surface area (Å²) in [6.07, 6.45) is 3.27. The van der Waals surface area contributed by atoms with Crippen LogP contribution >= 0.6 is 0 Å². The van der Waals surface area contributed by atoms with Crippen LogP contribution in [0.2, 0.25) is 0 Å². The molecule has 0 amide bonds. The van der Waals surface area contributed by atoms with Crippen molar-refractivity contribution in [1.82, 2.24) is 0 Å². The fourth-order valence-corrected chi connectivity index (χ4v) is 2.27. The standard InChI is InChI=1S/C15H20FNO4/c1-3-5-7-10-9-12(15(18)19)11(8-6-4-2)14(13(10)16)17(20)21/h9H,3-8H2,1-2H3,(H,18,19). The van der Waals surface area contributed by atoms with Gasteiger partial charge < -0.3 is 5.11 Å². The number of aromatic carboxylic acids is 1. The molecule has 0 atom stereocenters. The Balaban J connectivity index is 3.48. The molecule has 0 saturated heterocycles. The lowest BCUT2D eigenvalue weighted by molar-refractivity contribution is -0.388. The third kappa shape index (κ3) is 4.00. The molecule has 6 heteroatoms. The first-order valence-electron chi connectivity index (χ1n) is 7.15. The number of unbranched alkanes of at least 4 members (excludes halogenated alkanes) is 2. The third-order valence-electron chi connectivity index (χ3n) is 3.41. The summed E-state index contributed by atoms with van der Waals surface area (Å²) in [5.41, 5.74) is -0.717. The summed E-state index contributed by atoms with van der Waals surface area (Å²) in [5, 5.41) is 20.4. The van der Waals surface area contributed by atoms with E-state index in [1.54, 1.807) is 0 Å². The number of aryl methyl sites for hydroxylation is 1. The van der Waals surface area contributed by atoms with E-state index in [-0.39, 0.29) is 23.1 Å². The Morgan fingerprint density at radius 3 is 2.33 bits per heavy atom. The number of nitro groups is 1. The first kappa shape index (κ1) is 17.1. The summed E-state index contributed by atoms with van der Waals surface area (Å²) in [7, 11) is 0. The van der Waals surface area contributed by atoms with Gasteiger partial charge in [-0.1, -0.05) is 26.7 Å². The van der Waals surface area contributed by atoms with Gasteiger partial charge >= 0.3 is 11.7 Å². The number of nitrogens with zero attached hydrogens (tertiary/aromatic N) is 1. The van der Waals surface area contributed by atoms with Gasteiger partial charge in [-0.05, 0) is 37.3 Å². The predicted octanol–water partition coefficient (Wildman–Crippen LogP) is 4.12. The van der Waals surface area contributed by atoms with Gasteiger partial charge in [0, 0.05) is 5.56 Å². The van der Waals surface area contributed by atoms with Crippen molar-refractivity contribution in [2.75, 3.05) is 0 Å². The summed E-state index contributed by atoms with van der Waals surface area (Å²) in [6, 6.07) is 1.26. The van der Waals surface area contributed by atoms with Gasteiger partial charge in [0.15, 0.2) is 0 Å². The number of nitro benzene ring substituents is 1. The molecule has 0 aliphatic carbocycles. The second kappa shape index (κ2) is 7.71. The number of hydrogen-bond donors (Lipinski definition) is 1. The largest absolute Gasteiger partial charge is 0.478 e. The number of carboxylic acid groups (broad SMARTS) is 1. The van der Waals surface area contributed by atoms with Crippen molar-refractivity contribution in [3.8, 4) is 0 Å². The number of rotatable bonds is 8. The Hall–Kier alpha value is -1.98. The molecule has 0 saturated carbocycles. The second-order valence-corrected chi connectivity index (χ2v) is 4.99. The Kier molecular flexibility index (Phi) is 6.27. The van der Waals surface area contributed by atoms with Crippen LogP contribution in [-0.2, 0) is 12.8 Å². The first-order valence-corrected chi connectivity index (χ1v) is 7.15. The van der Waals surface area contributed by atoms with Crippen molar-refractivity contribution in [3.05, 3.63) is 38.7 Å². The zero-order valence-electron chi connectivity index (χ0n) is 12.3. The van der Waals surface area contributed by atoms with Gasteiger partial charge in [-0.2, -0.15) is 4.39 Å². The van der Waals surface area contributed by atoms with Crippen molar-refractivity contribution in [1.29, 1.82) is 0 Å². The van der Waals surface area contributed by atoms with Crippen LogP contribution in [-0.4, -0.2) is 16.0 Å². The summed E-state index contributed by atoms with van der Waals surface area (Å²) in [6.45, 7) is 3.80. The van der Waals surface area contributed by atoms with E-state index in [1.165, 1.54) is 6.07 Å². The number of benzene rings is 1. The van der Waals surface area contributed by atoms with Gasteiger partial charge in [-0.25, -0.2) is 4.79 Å². The van der Waals surface area contributed by atoms with Crippen LogP contribution in [0.25, 0.3) is 0 Å². The monoisotopic (exact) mass is 297 g/mol. The highest BCUT2D eigenvalue weighted by Crippen LogP contribution is 2.31. The Morgan fingerprint density at radius 1 is 1.29 bits per heavy atom. The molecule has 0 bridgehead atoms. The molecule has 5 nitrogen and oxygen atoms in total. The molecule has 1 aromatic carbocycles. The maximum atomic E-state index is 14.3. The molecule has 0 aromatic heterocycles. The molecule has 0 fully saturated rings. The molecule has 1 rings (SSSR count). The van der Waals surface area contributed by atoms with Gasteiger partial charge in [0.2, 0.25) is 5.82 Å². The number of carbonyl (C=O) groups is 1. The minimum absolute atomic E-state index is 0.00732. The lowest BCUT2D eigenvalue weighted by Crippen LogP contribution is -2.11. The van der Waals surface area contributed by atoms with E-state index < -0.39 is 22.4 Å². The fraction of sp³-hybridized carbons (Fsp3) is 0.533. The van der Waals surface area contributed by atoms with Gasteiger partial charge in [0.1, 0.15) is 0 Å². The van der Waals surface area contributed by atoms with E-state index in [1.807, 2.05) is 13.8 Å². The van der Waals surface area contributed by atoms with E-state index in [0.29, 0.717) is 19.3 Å². The maximum Gasteiger partial charge on any atom is 0.336 e. The van der Waals surface area contributed by atoms with Crippen LogP contribution in [0.15, 0.2) is 6.07 Å². The van der Waals surface area contributed by atoms with E-state index in [0.717, 1.165) is 12.8 Å². The SMILES string of the molecule is CCCCc1cc(C(=O)O)c(CCCC)c([N+](=O)[O-])c1F. The Bertz CT molecular complexity index is 543. The third-order valence-corrected chi connectivity index (χ3v) is 3.41. The summed E-state index contributed by atoms with van der Waals surface area (Å²) in [5.74, 6) is -2.13. The highest BCUT2D eigenvalue weighted by molar-refractivity contribution is 5.91. The normalized spacial score (nSPS) is 10.6. The average Bonchev–Trinajstić information content (AvgIpc) is 2.42. The summed E-state index contributed by atoms with van der Waals surface area (Å²) >= 11 is 0. The van der Waals surface area contributed by atoms with Gasteiger partial charge in [-0.15, -0.1) is 0 Å². The molecule has 0 heterocycles. The first-order chi connectivity index (χ1) is 9.93. The zero-order chi connectivity index (χ0) is 16.0. The fourth-order valence-electron chi connectivity index (χ4n) is 2.27. The molecule has 116 valence electrons. The smallest absolute Gasteiger partial charge is 0.336 e. The highest BCUT2D eigenvalue weighted by atomic mass is 19.1. The van der Waals surface area contributed by atoms with Crippen molar-refractivity contribution in [2.45, 2.75) is 52.4 Å². The van der Waals surface area contributed by atoms with E-state index >= 15 is 0 Å². The van der Waals surface area contributed by atoms with E-state index in [2.05, 4.69) is 0 Å². The molecule has 0 aliphatic rings. The molecular formula is C15H20FNO4. The van der Waals surface area contributed by atoms with Crippen LogP contribution in [0.3, 0.4) is 0 Å². The highest BCUT2D eigenvalue weighted by Gasteiger charge is 2.28. The summed E-state index contributed by atoms with van der Waals surface area (Å²) in [4.78, 5) is 21.7. The van der Waals surface area contributed by atoms with Crippen molar-refractivity contribution < 1.29 is 19.2 Å². The maximum absolute atomic E-state index is 14.3. The molecule has 1 aromatic rings. The molecular weight excluding hydrogens is 277 g/mol. The van der Waals surface area contributed by atoms with Crippen LogP contribution in [0, 0.1) is 15.9 Å². The van der Waals surface area contributed by atoms with E-state index in [4.69, 9.17) is 0 Å². The molecule has 0 unspecified atom stereocenters. The van der Waals surface area contributed by atoms with Gasteiger partial charge in [-0.3, -0.25) is 10.1 Å². The second-order valence-electron chi connectivity index (χ2n) is 4.99. The van der Waals surface area contributed by atoms with Crippen molar-refractivity contribution in [2.24, 2.45) is 0 Å². The van der Waals surface area contributed by atoms with Gasteiger partial charge in [0.05, 0.1) is 10.5 Å². The topological polar surface area (TPSA) is 80.4 Å². The lowest BCUT2D eigenvalue weighted by atomic mass is 9.94.